The summed E-state index contributed by atoms with van der Waals surface area (Å²) >= 11 is 7.71. The van der Waals surface area contributed by atoms with E-state index < -0.39 is 0 Å². The molecular formula is C11H20ClNO2S. The fourth-order valence-corrected chi connectivity index (χ4v) is 3.20. The van der Waals surface area contributed by atoms with Gasteiger partial charge in [0, 0.05) is 19.4 Å². The molecule has 1 N–H and O–H groups in total. The molecule has 0 aromatic carbocycles. The van der Waals surface area contributed by atoms with Gasteiger partial charge >= 0.3 is 0 Å². The minimum absolute atomic E-state index is 0.0582. The van der Waals surface area contributed by atoms with Crippen LogP contribution in [-0.4, -0.2) is 43.1 Å². The maximum absolute atomic E-state index is 11.7. The molecular weight excluding hydrogens is 246 g/mol. The van der Waals surface area contributed by atoms with Gasteiger partial charge in [-0.25, -0.2) is 0 Å². The fourth-order valence-electron chi connectivity index (χ4n) is 1.83. The highest BCUT2D eigenvalue weighted by Gasteiger charge is 2.19. The van der Waals surface area contributed by atoms with Crippen molar-refractivity contribution in [2.45, 2.75) is 25.3 Å². The fraction of sp³-hybridized carbons (Fsp3) is 0.909. The van der Waals surface area contributed by atoms with Crippen LogP contribution >= 0.6 is 23.4 Å². The van der Waals surface area contributed by atoms with Gasteiger partial charge in [0.15, 0.2) is 0 Å². The summed E-state index contributed by atoms with van der Waals surface area (Å²) in [5.74, 6) is 3.45. The number of nitrogens with one attached hydrogen (secondary N) is 1. The lowest BCUT2D eigenvalue weighted by atomic mass is 9.98. The number of carbonyl (C=O) groups excluding carboxylic acids is 1. The quantitative estimate of drug-likeness (QED) is 0.746. The normalized spacial score (nSPS) is 19.4. The zero-order chi connectivity index (χ0) is 11.8. The van der Waals surface area contributed by atoms with Gasteiger partial charge in [0.2, 0.25) is 5.91 Å². The van der Waals surface area contributed by atoms with E-state index in [0.717, 1.165) is 12.8 Å². The lowest BCUT2D eigenvalue weighted by Gasteiger charge is -2.22. The molecule has 3 nitrogen and oxygen atoms in total. The molecule has 1 saturated heterocycles. The summed E-state index contributed by atoms with van der Waals surface area (Å²) in [6.45, 7) is 0.482. The van der Waals surface area contributed by atoms with Crippen LogP contribution in [0.2, 0.25) is 0 Å². The summed E-state index contributed by atoms with van der Waals surface area (Å²) in [5, 5.41) is 2.91. The van der Waals surface area contributed by atoms with Crippen molar-refractivity contribution in [3.8, 4) is 0 Å². The maximum Gasteiger partial charge on any atom is 0.220 e. The van der Waals surface area contributed by atoms with E-state index in [1.165, 1.54) is 11.5 Å². The van der Waals surface area contributed by atoms with Crippen molar-refractivity contribution in [1.29, 1.82) is 0 Å². The summed E-state index contributed by atoms with van der Waals surface area (Å²) in [6, 6.07) is -0.0582. The van der Waals surface area contributed by atoms with Crippen LogP contribution in [0.25, 0.3) is 0 Å². The monoisotopic (exact) mass is 265 g/mol. The van der Waals surface area contributed by atoms with E-state index in [2.05, 4.69) is 5.32 Å². The summed E-state index contributed by atoms with van der Waals surface area (Å²) in [4.78, 5) is 11.7. The third-order valence-electron chi connectivity index (χ3n) is 2.73. The predicted octanol–water partition coefficient (Wildman–Crippen LogP) is 1.89. The van der Waals surface area contributed by atoms with Gasteiger partial charge in [-0.2, -0.15) is 11.8 Å². The number of methoxy groups -OCH3 is 1. The average molecular weight is 266 g/mol. The summed E-state index contributed by atoms with van der Waals surface area (Å²) < 4.78 is 4.98. The van der Waals surface area contributed by atoms with Crippen molar-refractivity contribution in [1.82, 2.24) is 5.32 Å². The van der Waals surface area contributed by atoms with Crippen LogP contribution in [0.1, 0.15) is 19.3 Å². The molecule has 0 saturated carbocycles. The minimum Gasteiger partial charge on any atom is -0.383 e. The van der Waals surface area contributed by atoms with Gasteiger partial charge < -0.3 is 10.1 Å². The van der Waals surface area contributed by atoms with Crippen molar-refractivity contribution in [3.05, 3.63) is 0 Å². The molecule has 0 aliphatic carbocycles. The van der Waals surface area contributed by atoms with Gasteiger partial charge in [0.05, 0.1) is 12.6 Å². The van der Waals surface area contributed by atoms with Crippen LogP contribution in [0, 0.1) is 5.92 Å². The Morgan fingerprint density at radius 2 is 2.25 bits per heavy atom. The Balaban J connectivity index is 2.22. The molecule has 0 aromatic rings. The number of amides is 1. The first kappa shape index (κ1) is 14.1. The molecule has 1 fully saturated rings. The zero-order valence-corrected chi connectivity index (χ0v) is 11.3. The highest BCUT2D eigenvalue weighted by atomic mass is 35.5. The third-order valence-corrected chi connectivity index (χ3v) is 4.16. The number of ether oxygens (including phenoxy) is 1. The molecule has 0 spiro atoms. The number of halogens is 1. The molecule has 0 aromatic heterocycles. The molecule has 1 heterocycles. The lowest BCUT2D eigenvalue weighted by molar-refractivity contribution is -0.123. The predicted molar refractivity (Wildman–Crippen MR) is 69.2 cm³/mol. The van der Waals surface area contributed by atoms with Crippen LogP contribution < -0.4 is 5.32 Å². The Kier molecular flexibility index (Phi) is 7.25. The second-order valence-electron chi connectivity index (χ2n) is 4.13. The third kappa shape index (κ3) is 5.41. The number of hydrogen-bond acceptors (Lipinski definition) is 3. The molecule has 1 atom stereocenters. The van der Waals surface area contributed by atoms with Crippen LogP contribution in [0.4, 0.5) is 0 Å². The number of alkyl halides is 1. The standard InChI is InChI=1S/C11H20ClNO2S/c1-15-8-10(7-12)13-11(14)6-9-2-4-16-5-3-9/h9-10H,2-8H2,1H3,(H,13,14). The first-order valence-electron chi connectivity index (χ1n) is 5.68. The van der Waals surface area contributed by atoms with Crippen molar-refractivity contribution in [2.24, 2.45) is 5.92 Å². The van der Waals surface area contributed by atoms with Gasteiger partial charge in [0.25, 0.3) is 0 Å². The molecule has 1 unspecified atom stereocenters. The Hall–Kier alpha value is 0.0700. The van der Waals surface area contributed by atoms with Gasteiger partial charge in [0.1, 0.15) is 0 Å². The van der Waals surface area contributed by atoms with Crippen molar-refractivity contribution < 1.29 is 9.53 Å². The highest BCUT2D eigenvalue weighted by molar-refractivity contribution is 7.99. The first-order valence-corrected chi connectivity index (χ1v) is 7.37. The molecule has 0 radical (unpaired) electrons. The van der Waals surface area contributed by atoms with Gasteiger partial charge in [-0.3, -0.25) is 4.79 Å². The molecule has 94 valence electrons. The van der Waals surface area contributed by atoms with Crippen molar-refractivity contribution in [2.75, 3.05) is 31.1 Å². The van der Waals surface area contributed by atoms with Gasteiger partial charge in [-0.05, 0) is 30.3 Å². The van der Waals surface area contributed by atoms with E-state index in [1.54, 1.807) is 7.11 Å². The van der Waals surface area contributed by atoms with Crippen LogP contribution in [0.15, 0.2) is 0 Å². The molecule has 1 rings (SSSR count). The first-order chi connectivity index (χ1) is 7.76. The van der Waals surface area contributed by atoms with Crippen LogP contribution in [-0.2, 0) is 9.53 Å². The molecule has 0 bridgehead atoms. The summed E-state index contributed by atoms with van der Waals surface area (Å²) in [6.07, 6.45) is 2.96. The molecule has 1 aliphatic rings. The van der Waals surface area contributed by atoms with E-state index in [9.17, 15) is 4.79 Å². The Morgan fingerprint density at radius 3 is 2.81 bits per heavy atom. The molecule has 5 heteroatoms. The Bertz CT molecular complexity index is 201. The number of thioether (sulfide) groups is 1. The number of hydrogen-bond donors (Lipinski definition) is 1. The largest absolute Gasteiger partial charge is 0.383 e. The number of carbonyl (C=O) groups is 1. The Labute approximate surface area is 107 Å². The summed E-state index contributed by atoms with van der Waals surface area (Å²) in [5.41, 5.74) is 0. The van der Waals surface area contributed by atoms with Crippen molar-refractivity contribution >= 4 is 29.3 Å². The van der Waals surface area contributed by atoms with E-state index >= 15 is 0 Å². The smallest absolute Gasteiger partial charge is 0.220 e. The van der Waals surface area contributed by atoms with E-state index in [4.69, 9.17) is 16.3 Å². The van der Waals surface area contributed by atoms with Crippen LogP contribution in [0.5, 0.6) is 0 Å². The van der Waals surface area contributed by atoms with Gasteiger partial charge in [-0.15, -0.1) is 11.6 Å². The number of rotatable bonds is 6. The maximum atomic E-state index is 11.7. The Morgan fingerprint density at radius 1 is 1.56 bits per heavy atom. The second-order valence-corrected chi connectivity index (χ2v) is 5.67. The highest BCUT2D eigenvalue weighted by Crippen LogP contribution is 2.25. The van der Waals surface area contributed by atoms with Gasteiger partial charge in [-0.1, -0.05) is 0 Å². The summed E-state index contributed by atoms with van der Waals surface area (Å²) in [7, 11) is 1.62. The minimum atomic E-state index is -0.0582. The SMILES string of the molecule is COCC(CCl)NC(=O)CC1CCSCC1. The van der Waals surface area contributed by atoms with E-state index in [-0.39, 0.29) is 11.9 Å². The molecule has 1 aliphatic heterocycles. The zero-order valence-electron chi connectivity index (χ0n) is 9.71. The van der Waals surface area contributed by atoms with Crippen molar-refractivity contribution in [3.63, 3.8) is 0 Å². The van der Waals surface area contributed by atoms with Crippen LogP contribution in [0.3, 0.4) is 0 Å². The lowest BCUT2D eigenvalue weighted by Crippen LogP contribution is -2.40. The second kappa shape index (κ2) is 8.20. The molecule has 16 heavy (non-hydrogen) atoms. The molecule has 1 amide bonds. The average Bonchev–Trinajstić information content (AvgIpc) is 2.29. The topological polar surface area (TPSA) is 38.3 Å². The van der Waals surface area contributed by atoms with E-state index in [0.29, 0.717) is 24.8 Å². The van der Waals surface area contributed by atoms with E-state index in [1.807, 2.05) is 11.8 Å².